The van der Waals surface area contributed by atoms with Crippen LogP contribution in [0, 0.1) is 0 Å². The third-order valence-electron chi connectivity index (χ3n) is 2.34. The summed E-state index contributed by atoms with van der Waals surface area (Å²) in [5.74, 6) is -0.0794. The van der Waals surface area contributed by atoms with Gasteiger partial charge in [-0.05, 0) is 37.3 Å². The highest BCUT2D eigenvalue weighted by atomic mass is 35.5. The lowest BCUT2D eigenvalue weighted by molar-refractivity contribution is -0.113. The molecular formula is C13H12Cl3N3O2S2. The normalized spacial score (nSPS) is 10.9. The highest BCUT2D eigenvalue weighted by Crippen LogP contribution is 2.33. The van der Waals surface area contributed by atoms with Crippen molar-refractivity contribution in [2.45, 2.75) is 24.3 Å². The lowest BCUT2D eigenvalue weighted by Crippen LogP contribution is -2.14. The van der Waals surface area contributed by atoms with E-state index in [1.165, 1.54) is 35.2 Å². The molecule has 0 bridgehead atoms. The first-order chi connectivity index (χ1) is 10.8. The zero-order valence-electron chi connectivity index (χ0n) is 12.1. The molecule has 0 radical (unpaired) electrons. The molecule has 1 aromatic heterocycles. The van der Waals surface area contributed by atoms with Gasteiger partial charge in [0.25, 0.3) is 5.19 Å². The van der Waals surface area contributed by atoms with Gasteiger partial charge in [-0.2, -0.15) is 0 Å². The minimum absolute atomic E-state index is 0.0286. The average Bonchev–Trinajstić information content (AvgIpc) is 2.89. The third-order valence-corrected chi connectivity index (χ3v) is 5.32. The largest absolute Gasteiger partial charge is 0.466 e. The van der Waals surface area contributed by atoms with Crippen LogP contribution >= 0.6 is 57.9 Å². The summed E-state index contributed by atoms with van der Waals surface area (Å²) < 4.78 is 6.07. The summed E-state index contributed by atoms with van der Waals surface area (Å²) >= 11 is 20.3. The summed E-state index contributed by atoms with van der Waals surface area (Å²) in [6.07, 6.45) is 0.0286. The number of aromatic nitrogens is 2. The first-order valence-corrected chi connectivity index (χ1v) is 9.36. The summed E-state index contributed by atoms with van der Waals surface area (Å²) in [6.45, 7) is 3.81. The first-order valence-electron chi connectivity index (χ1n) is 6.42. The van der Waals surface area contributed by atoms with E-state index in [-0.39, 0.29) is 17.8 Å². The number of nitrogens with one attached hydrogen (secondary N) is 1. The van der Waals surface area contributed by atoms with Crippen LogP contribution in [0.5, 0.6) is 5.19 Å². The van der Waals surface area contributed by atoms with Gasteiger partial charge in [0, 0.05) is 0 Å². The first kappa shape index (κ1) is 18.6. The molecule has 0 unspecified atom stereocenters. The maximum atomic E-state index is 12.0. The fraction of sp³-hybridized carbons (Fsp3) is 0.308. The molecule has 0 spiro atoms. The van der Waals surface area contributed by atoms with Crippen LogP contribution in [-0.4, -0.2) is 28.0 Å². The smallest absolute Gasteiger partial charge is 0.295 e. The molecule has 2 aromatic rings. The van der Waals surface area contributed by atoms with Crippen molar-refractivity contribution in [3.63, 3.8) is 0 Å². The Morgan fingerprint density at radius 1 is 1.26 bits per heavy atom. The van der Waals surface area contributed by atoms with Crippen molar-refractivity contribution in [3.05, 3.63) is 27.2 Å². The van der Waals surface area contributed by atoms with Gasteiger partial charge in [-0.1, -0.05) is 51.7 Å². The summed E-state index contributed by atoms with van der Waals surface area (Å²) in [6, 6.07) is 2.99. The molecule has 2 rings (SSSR count). The van der Waals surface area contributed by atoms with Gasteiger partial charge in [0.15, 0.2) is 4.34 Å². The van der Waals surface area contributed by atoms with E-state index in [0.29, 0.717) is 30.3 Å². The Morgan fingerprint density at radius 2 is 1.96 bits per heavy atom. The average molecular weight is 413 g/mol. The molecule has 1 aromatic carbocycles. The van der Waals surface area contributed by atoms with Gasteiger partial charge in [-0.15, -0.1) is 5.10 Å². The Kier molecular flexibility index (Phi) is 6.79. The molecule has 0 aliphatic heterocycles. The number of anilines is 1. The second-order valence-corrected chi connectivity index (χ2v) is 7.97. The number of rotatable bonds is 6. The molecule has 0 fully saturated rings. The van der Waals surface area contributed by atoms with Crippen LogP contribution in [0.3, 0.4) is 0 Å². The number of nitrogens with zero attached hydrogens (tertiary/aromatic N) is 2. The van der Waals surface area contributed by atoms with Crippen molar-refractivity contribution >= 4 is 69.5 Å². The van der Waals surface area contributed by atoms with E-state index >= 15 is 0 Å². The number of benzene rings is 1. The lowest BCUT2D eigenvalue weighted by Gasteiger charge is -2.08. The maximum Gasteiger partial charge on any atom is 0.295 e. The van der Waals surface area contributed by atoms with Gasteiger partial charge in [0.2, 0.25) is 5.91 Å². The van der Waals surface area contributed by atoms with Crippen LogP contribution in [0.2, 0.25) is 15.1 Å². The predicted molar refractivity (Wildman–Crippen MR) is 96.5 cm³/mol. The van der Waals surface area contributed by atoms with Crippen LogP contribution in [0.15, 0.2) is 16.5 Å². The Labute approximate surface area is 156 Å². The molecule has 1 amide bonds. The second kappa shape index (κ2) is 8.39. The van der Waals surface area contributed by atoms with E-state index in [1.807, 2.05) is 13.8 Å². The SMILES string of the molecule is CC(C)Oc1nnc(SCC(=O)Nc2cc(Cl)c(Cl)cc2Cl)s1. The van der Waals surface area contributed by atoms with E-state index in [4.69, 9.17) is 39.5 Å². The van der Waals surface area contributed by atoms with Crippen molar-refractivity contribution in [2.24, 2.45) is 0 Å². The van der Waals surface area contributed by atoms with Crippen LogP contribution < -0.4 is 10.1 Å². The predicted octanol–water partition coefficient (Wildman–Crippen LogP) is 5.02. The number of ether oxygens (including phenoxy) is 1. The highest BCUT2D eigenvalue weighted by molar-refractivity contribution is 8.01. The van der Waals surface area contributed by atoms with E-state index in [0.717, 1.165) is 0 Å². The quantitative estimate of drug-likeness (QED) is 0.533. The fourth-order valence-electron chi connectivity index (χ4n) is 1.44. The third kappa shape index (κ3) is 5.69. The van der Waals surface area contributed by atoms with Gasteiger partial charge >= 0.3 is 0 Å². The topological polar surface area (TPSA) is 64.1 Å². The molecule has 0 saturated heterocycles. The molecular weight excluding hydrogens is 401 g/mol. The van der Waals surface area contributed by atoms with Gasteiger partial charge < -0.3 is 10.1 Å². The van der Waals surface area contributed by atoms with E-state index < -0.39 is 0 Å². The number of thioether (sulfide) groups is 1. The zero-order valence-corrected chi connectivity index (χ0v) is 16.0. The number of halogens is 3. The van der Waals surface area contributed by atoms with Crippen molar-refractivity contribution in [1.82, 2.24) is 10.2 Å². The number of hydrogen-bond acceptors (Lipinski definition) is 6. The van der Waals surface area contributed by atoms with E-state index in [2.05, 4.69) is 15.5 Å². The van der Waals surface area contributed by atoms with Crippen molar-refractivity contribution < 1.29 is 9.53 Å². The lowest BCUT2D eigenvalue weighted by atomic mass is 10.3. The molecule has 0 aliphatic rings. The van der Waals surface area contributed by atoms with Gasteiger partial charge in [-0.25, -0.2) is 0 Å². The molecule has 23 heavy (non-hydrogen) atoms. The Bertz CT molecular complexity index is 710. The minimum atomic E-state index is -0.239. The van der Waals surface area contributed by atoms with E-state index in [1.54, 1.807) is 0 Å². The van der Waals surface area contributed by atoms with Gasteiger partial charge in [-0.3, -0.25) is 4.79 Å². The Morgan fingerprint density at radius 3 is 2.65 bits per heavy atom. The summed E-state index contributed by atoms with van der Waals surface area (Å²) in [5, 5.41) is 12.0. The second-order valence-electron chi connectivity index (χ2n) is 4.58. The Balaban J connectivity index is 1.90. The molecule has 1 N–H and O–H groups in total. The molecule has 0 saturated carbocycles. The number of carbonyl (C=O) groups excluding carboxylic acids is 1. The van der Waals surface area contributed by atoms with Crippen molar-refractivity contribution in [2.75, 3.05) is 11.1 Å². The van der Waals surface area contributed by atoms with Gasteiger partial charge in [0.05, 0.1) is 32.6 Å². The van der Waals surface area contributed by atoms with Crippen LogP contribution in [-0.2, 0) is 4.79 Å². The highest BCUT2D eigenvalue weighted by Gasteiger charge is 2.12. The Hall–Kier alpha value is -0.730. The maximum absolute atomic E-state index is 12.0. The monoisotopic (exact) mass is 411 g/mol. The summed E-state index contributed by atoms with van der Waals surface area (Å²) in [4.78, 5) is 12.0. The minimum Gasteiger partial charge on any atom is -0.466 e. The number of hydrogen-bond donors (Lipinski definition) is 1. The summed E-state index contributed by atoms with van der Waals surface area (Å²) in [5.41, 5.74) is 0.410. The van der Waals surface area contributed by atoms with Crippen molar-refractivity contribution in [3.8, 4) is 5.19 Å². The fourth-order valence-corrected chi connectivity index (χ4v) is 3.64. The molecule has 1 heterocycles. The van der Waals surface area contributed by atoms with Crippen LogP contribution in [0.25, 0.3) is 0 Å². The molecule has 5 nitrogen and oxygen atoms in total. The van der Waals surface area contributed by atoms with E-state index in [9.17, 15) is 4.79 Å². The standard InChI is InChI=1S/C13H12Cl3N3O2S2/c1-6(2)21-12-18-19-13(23-12)22-5-11(20)17-10-4-8(15)7(14)3-9(10)16/h3-4,6H,5H2,1-2H3,(H,17,20). The molecule has 124 valence electrons. The molecule has 0 aliphatic carbocycles. The van der Waals surface area contributed by atoms with Gasteiger partial charge in [0.1, 0.15) is 0 Å². The molecule has 0 atom stereocenters. The van der Waals surface area contributed by atoms with Crippen molar-refractivity contribution in [1.29, 1.82) is 0 Å². The number of carbonyl (C=O) groups is 1. The summed E-state index contributed by atoms with van der Waals surface area (Å²) in [7, 11) is 0. The van der Waals surface area contributed by atoms with Crippen LogP contribution in [0.1, 0.15) is 13.8 Å². The van der Waals surface area contributed by atoms with Crippen LogP contribution in [0.4, 0.5) is 5.69 Å². The molecule has 10 heteroatoms. The number of amides is 1. The zero-order chi connectivity index (χ0) is 17.0.